The van der Waals surface area contributed by atoms with Gasteiger partial charge in [-0.3, -0.25) is 0 Å². The van der Waals surface area contributed by atoms with Crippen LogP contribution in [0.3, 0.4) is 0 Å². The van der Waals surface area contributed by atoms with Gasteiger partial charge in [0.25, 0.3) is 0 Å². The van der Waals surface area contributed by atoms with E-state index >= 15 is 0 Å². The third-order valence-corrected chi connectivity index (χ3v) is 2.62. The van der Waals surface area contributed by atoms with Gasteiger partial charge in [0.2, 0.25) is 0 Å². The van der Waals surface area contributed by atoms with E-state index in [9.17, 15) is 9.59 Å². The molecule has 2 N–H and O–H groups in total. The Morgan fingerprint density at radius 3 is 2.57 bits per heavy atom. The Hall–Kier alpha value is -1.46. The van der Waals surface area contributed by atoms with Crippen LogP contribution < -0.4 is 10.6 Å². The lowest BCUT2D eigenvalue weighted by Crippen LogP contribution is -2.43. The summed E-state index contributed by atoms with van der Waals surface area (Å²) in [5, 5.41) is 5.42. The predicted molar refractivity (Wildman–Crippen MR) is 49.4 cm³/mol. The van der Waals surface area contributed by atoms with Crippen molar-refractivity contribution in [2.45, 2.75) is 25.7 Å². The van der Waals surface area contributed by atoms with Crippen LogP contribution in [-0.2, 0) is 0 Å². The Balaban J connectivity index is 2.18. The highest BCUT2D eigenvalue weighted by atomic mass is 16.2. The minimum Gasteiger partial charge on any atom is -0.314 e. The van der Waals surface area contributed by atoms with Crippen LogP contribution >= 0.6 is 0 Å². The van der Waals surface area contributed by atoms with Gasteiger partial charge in [-0.2, -0.15) is 0 Å². The first-order valence-electron chi connectivity index (χ1n) is 4.75. The third-order valence-electron chi connectivity index (χ3n) is 2.62. The Morgan fingerprint density at radius 1 is 1.29 bits per heavy atom. The number of urea groups is 2. The van der Waals surface area contributed by atoms with E-state index in [-0.39, 0.29) is 24.4 Å². The zero-order chi connectivity index (χ0) is 10.3. The summed E-state index contributed by atoms with van der Waals surface area (Å²) in [6, 6.07) is -0.241. The molecule has 0 spiro atoms. The van der Waals surface area contributed by atoms with E-state index in [1.165, 1.54) is 0 Å². The average molecular weight is 198 g/mol. The number of nitrogens with one attached hydrogen (secondary N) is 2. The number of hydrogen-bond donors (Lipinski definition) is 2. The second-order valence-electron chi connectivity index (χ2n) is 3.59. The van der Waals surface area contributed by atoms with Crippen molar-refractivity contribution in [3.05, 3.63) is 0 Å². The molecule has 6 nitrogen and oxygen atoms in total. The average Bonchev–Trinajstić information content (AvgIpc) is 2.61. The number of hydrogen-bond acceptors (Lipinski definition) is 2. The molecule has 0 unspecified atom stereocenters. The molecule has 0 aromatic rings. The number of fused-ring (bicyclic) bond motifs is 1. The van der Waals surface area contributed by atoms with Gasteiger partial charge in [0, 0.05) is 13.6 Å². The van der Waals surface area contributed by atoms with Crippen LogP contribution in [0.2, 0.25) is 0 Å². The smallest absolute Gasteiger partial charge is 0.314 e. The van der Waals surface area contributed by atoms with Gasteiger partial charge in [0.05, 0.1) is 0 Å². The van der Waals surface area contributed by atoms with Gasteiger partial charge >= 0.3 is 12.1 Å². The van der Waals surface area contributed by atoms with Crippen molar-refractivity contribution < 1.29 is 9.59 Å². The zero-order valence-corrected chi connectivity index (χ0v) is 8.28. The summed E-state index contributed by atoms with van der Waals surface area (Å²) in [6.45, 7) is 2.68. The van der Waals surface area contributed by atoms with Gasteiger partial charge in [0.15, 0.2) is 0 Å². The van der Waals surface area contributed by atoms with Crippen LogP contribution in [0.25, 0.3) is 0 Å². The van der Waals surface area contributed by atoms with Crippen molar-refractivity contribution in [3.63, 3.8) is 0 Å². The lowest BCUT2D eigenvalue weighted by atomic mass is 10.3. The van der Waals surface area contributed by atoms with Crippen molar-refractivity contribution in [2.75, 3.05) is 13.6 Å². The molecular formula is C8H14N4O2. The lowest BCUT2D eigenvalue weighted by molar-refractivity contribution is 0.184. The molecule has 4 amide bonds. The summed E-state index contributed by atoms with van der Waals surface area (Å²) in [6.07, 6.45) is 0.458. The SMILES string of the molecule is CCCN1C(=O)N(C)[C@H]2NC(=O)N[C@@H]21. The van der Waals surface area contributed by atoms with E-state index < -0.39 is 0 Å². The Labute approximate surface area is 82.2 Å². The highest BCUT2D eigenvalue weighted by Gasteiger charge is 2.48. The first-order chi connectivity index (χ1) is 6.65. The van der Waals surface area contributed by atoms with E-state index in [4.69, 9.17) is 0 Å². The normalized spacial score (nSPS) is 30.4. The maximum absolute atomic E-state index is 11.7. The first kappa shape index (κ1) is 9.11. The number of rotatable bonds is 2. The monoisotopic (exact) mass is 198 g/mol. The molecular weight excluding hydrogens is 184 g/mol. The van der Waals surface area contributed by atoms with Crippen molar-refractivity contribution in [1.82, 2.24) is 20.4 Å². The fourth-order valence-corrected chi connectivity index (χ4v) is 1.94. The van der Waals surface area contributed by atoms with Gasteiger partial charge in [0.1, 0.15) is 12.3 Å². The first-order valence-corrected chi connectivity index (χ1v) is 4.75. The highest BCUT2D eigenvalue weighted by molar-refractivity contribution is 5.84. The lowest BCUT2D eigenvalue weighted by Gasteiger charge is -2.19. The van der Waals surface area contributed by atoms with Crippen molar-refractivity contribution >= 4 is 12.1 Å². The van der Waals surface area contributed by atoms with Gasteiger partial charge in [-0.05, 0) is 6.42 Å². The fraction of sp³-hybridized carbons (Fsp3) is 0.750. The number of carbonyl (C=O) groups is 2. The number of nitrogens with zero attached hydrogens (tertiary/aromatic N) is 2. The Bertz CT molecular complexity index is 281. The summed E-state index contributed by atoms with van der Waals surface area (Å²) in [4.78, 5) is 26.0. The maximum Gasteiger partial charge on any atom is 0.323 e. The van der Waals surface area contributed by atoms with Gasteiger partial charge in [-0.15, -0.1) is 0 Å². The maximum atomic E-state index is 11.7. The van der Waals surface area contributed by atoms with Crippen molar-refractivity contribution in [1.29, 1.82) is 0 Å². The number of carbonyl (C=O) groups excluding carboxylic acids is 2. The van der Waals surface area contributed by atoms with Crippen LogP contribution in [0.15, 0.2) is 0 Å². The van der Waals surface area contributed by atoms with Crippen LogP contribution in [0.4, 0.5) is 9.59 Å². The van der Waals surface area contributed by atoms with Gasteiger partial charge in [-0.1, -0.05) is 6.92 Å². The van der Waals surface area contributed by atoms with Crippen LogP contribution in [0.5, 0.6) is 0 Å². The molecule has 0 aromatic heterocycles. The molecule has 0 saturated carbocycles. The highest BCUT2D eigenvalue weighted by Crippen LogP contribution is 2.21. The van der Waals surface area contributed by atoms with Crippen LogP contribution in [0, 0.1) is 0 Å². The summed E-state index contributed by atoms with van der Waals surface area (Å²) in [5.74, 6) is 0. The minimum atomic E-state index is -0.221. The summed E-state index contributed by atoms with van der Waals surface area (Å²) in [7, 11) is 1.70. The van der Waals surface area contributed by atoms with E-state index in [0.717, 1.165) is 6.42 Å². The molecule has 78 valence electrons. The molecule has 2 atom stereocenters. The van der Waals surface area contributed by atoms with E-state index in [1.807, 2.05) is 6.92 Å². The quantitative estimate of drug-likeness (QED) is 0.641. The van der Waals surface area contributed by atoms with E-state index in [2.05, 4.69) is 10.6 Å². The van der Waals surface area contributed by atoms with Crippen LogP contribution in [-0.4, -0.2) is 47.8 Å². The molecule has 0 bridgehead atoms. The molecule has 0 radical (unpaired) electrons. The van der Waals surface area contributed by atoms with E-state index in [0.29, 0.717) is 6.54 Å². The fourth-order valence-electron chi connectivity index (χ4n) is 1.94. The Kier molecular flexibility index (Phi) is 1.98. The number of amides is 4. The molecule has 14 heavy (non-hydrogen) atoms. The standard InChI is InChI=1S/C8H14N4O2/c1-3-4-12-6-5(9-7(13)10-6)11(2)8(12)14/h5-6H,3-4H2,1-2H3,(H2,9,10,13)/t5-,6-/m1/s1. The second kappa shape index (κ2) is 3.04. The molecule has 2 rings (SSSR count). The largest absolute Gasteiger partial charge is 0.323 e. The summed E-state index contributed by atoms with van der Waals surface area (Å²) < 4.78 is 0. The second-order valence-corrected chi connectivity index (χ2v) is 3.59. The molecule has 2 aliphatic heterocycles. The summed E-state index contributed by atoms with van der Waals surface area (Å²) >= 11 is 0. The minimum absolute atomic E-state index is 0.0330. The third kappa shape index (κ3) is 1.10. The molecule has 2 heterocycles. The molecule has 6 heteroatoms. The van der Waals surface area contributed by atoms with E-state index in [1.54, 1.807) is 16.8 Å². The van der Waals surface area contributed by atoms with Crippen molar-refractivity contribution in [3.8, 4) is 0 Å². The molecule has 2 aliphatic rings. The zero-order valence-electron chi connectivity index (χ0n) is 8.28. The molecule has 0 aromatic carbocycles. The Morgan fingerprint density at radius 2 is 1.93 bits per heavy atom. The van der Waals surface area contributed by atoms with Gasteiger partial charge in [-0.25, -0.2) is 9.59 Å². The van der Waals surface area contributed by atoms with Crippen LogP contribution in [0.1, 0.15) is 13.3 Å². The molecule has 2 fully saturated rings. The predicted octanol–water partition coefficient (Wildman–Crippen LogP) is -0.271. The molecule has 2 saturated heterocycles. The van der Waals surface area contributed by atoms with Gasteiger partial charge < -0.3 is 20.4 Å². The number of likely N-dealkylation sites (N-methyl/N-ethyl adjacent to an activating group) is 1. The molecule has 0 aliphatic carbocycles. The topological polar surface area (TPSA) is 64.7 Å². The summed E-state index contributed by atoms with van der Waals surface area (Å²) in [5.41, 5.74) is 0. The van der Waals surface area contributed by atoms with Crippen molar-refractivity contribution in [2.24, 2.45) is 0 Å².